The molecule has 0 atom stereocenters. The molecule has 182 valence electrons. The third kappa shape index (κ3) is 5.00. The minimum absolute atomic E-state index is 0.214. The molecule has 2 aromatic carbocycles. The van der Waals surface area contributed by atoms with Crippen molar-refractivity contribution in [3.05, 3.63) is 72.1 Å². The number of fused-ring (bicyclic) bond motifs is 1. The van der Waals surface area contributed by atoms with E-state index >= 15 is 0 Å². The summed E-state index contributed by atoms with van der Waals surface area (Å²) in [6.07, 6.45) is 2.99. The Labute approximate surface area is 204 Å². The normalized spacial score (nSPS) is 17.4. The van der Waals surface area contributed by atoms with Crippen LogP contribution in [0.15, 0.2) is 66.5 Å². The first kappa shape index (κ1) is 23.3. The number of rotatable bonds is 9. The first-order chi connectivity index (χ1) is 17.1. The summed E-state index contributed by atoms with van der Waals surface area (Å²) >= 11 is 0. The molecule has 1 fully saturated rings. The minimum Gasteiger partial charge on any atom is -0.395 e. The van der Waals surface area contributed by atoms with E-state index in [0.29, 0.717) is 5.57 Å². The van der Waals surface area contributed by atoms with Crippen LogP contribution in [0, 0.1) is 0 Å². The zero-order valence-electron chi connectivity index (χ0n) is 19.7. The number of hydrogen-bond donors (Lipinski definition) is 3. The number of aryl methyl sites for hydroxylation is 1. The highest BCUT2D eigenvalue weighted by atomic mass is 16.3. The van der Waals surface area contributed by atoms with Crippen LogP contribution in [0.2, 0.25) is 0 Å². The molecule has 3 heterocycles. The summed E-state index contributed by atoms with van der Waals surface area (Å²) in [6.45, 7) is 6.80. The molecule has 0 saturated carbocycles. The third-order valence-corrected chi connectivity index (χ3v) is 6.79. The number of anilines is 1. The van der Waals surface area contributed by atoms with Gasteiger partial charge in [-0.15, -0.1) is 0 Å². The number of benzene rings is 2. The van der Waals surface area contributed by atoms with E-state index in [1.54, 1.807) is 0 Å². The number of aliphatic hydroxyl groups excluding tert-OH is 1. The predicted molar refractivity (Wildman–Crippen MR) is 137 cm³/mol. The average molecular weight is 474 g/mol. The van der Waals surface area contributed by atoms with Crippen molar-refractivity contribution in [2.24, 2.45) is 0 Å². The molecule has 0 radical (unpaired) electrons. The fraction of sp³-hybridized carbons (Fsp3) is 0.333. The number of piperazine rings is 1. The van der Waals surface area contributed by atoms with Gasteiger partial charge in [0.05, 0.1) is 12.2 Å². The molecule has 3 N–H and O–H groups in total. The van der Waals surface area contributed by atoms with E-state index in [-0.39, 0.29) is 18.2 Å². The van der Waals surface area contributed by atoms with Crippen LogP contribution in [0.5, 0.6) is 0 Å². The molecule has 8 nitrogen and oxygen atoms in total. The Kier molecular flexibility index (Phi) is 6.94. The molecule has 2 aliphatic heterocycles. The Bertz CT molecular complexity index is 1240. The Balaban J connectivity index is 1.37. The zero-order valence-corrected chi connectivity index (χ0v) is 19.7. The first-order valence-electron chi connectivity index (χ1n) is 12.2. The van der Waals surface area contributed by atoms with Gasteiger partial charge in [-0.1, -0.05) is 36.4 Å². The maximum atomic E-state index is 12.9. The van der Waals surface area contributed by atoms with Crippen molar-refractivity contribution in [3.8, 4) is 0 Å². The lowest BCUT2D eigenvalue weighted by Crippen LogP contribution is -2.47. The quantitative estimate of drug-likeness (QED) is 0.413. The molecular formula is C27H31N5O3. The van der Waals surface area contributed by atoms with Gasteiger partial charge < -0.3 is 19.9 Å². The van der Waals surface area contributed by atoms with Crippen molar-refractivity contribution in [1.29, 1.82) is 0 Å². The standard InChI is InChI=1S/C27H31N5O3/c33-18-17-31-15-13-30(14-16-31)11-6-12-32-19-22(21-9-4-5-10-23(21)32)24-25(27(35)29-26(24)34)28-20-7-2-1-3-8-20/h1-5,7-10,19,33H,6,11-18H2,(H2,28,29,34,35). The lowest BCUT2D eigenvalue weighted by atomic mass is 10.0. The second kappa shape index (κ2) is 10.4. The lowest BCUT2D eigenvalue weighted by molar-refractivity contribution is -0.123. The Morgan fingerprint density at radius 2 is 1.51 bits per heavy atom. The van der Waals surface area contributed by atoms with Gasteiger partial charge in [-0.2, -0.15) is 0 Å². The van der Waals surface area contributed by atoms with Crippen molar-refractivity contribution in [1.82, 2.24) is 19.7 Å². The van der Waals surface area contributed by atoms with Crippen molar-refractivity contribution < 1.29 is 14.7 Å². The van der Waals surface area contributed by atoms with Crippen LogP contribution in [0.25, 0.3) is 16.5 Å². The highest BCUT2D eigenvalue weighted by Gasteiger charge is 2.33. The molecule has 0 bridgehead atoms. The number of para-hydroxylation sites is 2. The second-order valence-electron chi connectivity index (χ2n) is 9.04. The van der Waals surface area contributed by atoms with Crippen LogP contribution in [-0.4, -0.2) is 77.2 Å². The Morgan fingerprint density at radius 3 is 2.26 bits per heavy atom. The van der Waals surface area contributed by atoms with Gasteiger partial charge >= 0.3 is 0 Å². The number of β-amino-alcohol motifs (C(OH)–C–C–N with tert-alkyl or cyclic N) is 1. The van der Waals surface area contributed by atoms with Gasteiger partial charge in [0.1, 0.15) is 5.70 Å². The van der Waals surface area contributed by atoms with Gasteiger partial charge in [0.2, 0.25) is 0 Å². The lowest BCUT2D eigenvalue weighted by Gasteiger charge is -2.34. The number of carbonyl (C=O) groups is 2. The fourth-order valence-corrected chi connectivity index (χ4v) is 4.97. The number of nitrogens with zero attached hydrogens (tertiary/aromatic N) is 3. The summed E-state index contributed by atoms with van der Waals surface area (Å²) in [5.74, 6) is -0.789. The zero-order chi connectivity index (χ0) is 24.2. The van der Waals surface area contributed by atoms with Gasteiger partial charge in [0, 0.05) is 67.6 Å². The SMILES string of the molecule is O=C1NC(=O)C(c2cn(CCCN3CCN(CCO)CC3)c3ccccc23)=C1Nc1ccccc1. The van der Waals surface area contributed by atoms with Crippen LogP contribution in [0.1, 0.15) is 12.0 Å². The second-order valence-corrected chi connectivity index (χ2v) is 9.04. The van der Waals surface area contributed by atoms with Gasteiger partial charge in [-0.3, -0.25) is 19.8 Å². The van der Waals surface area contributed by atoms with E-state index in [1.807, 2.05) is 54.7 Å². The molecule has 1 saturated heterocycles. The van der Waals surface area contributed by atoms with Crippen molar-refractivity contribution in [3.63, 3.8) is 0 Å². The number of hydrogen-bond acceptors (Lipinski definition) is 6. The molecule has 35 heavy (non-hydrogen) atoms. The molecule has 1 aromatic heterocycles. The molecule has 0 aliphatic carbocycles. The van der Waals surface area contributed by atoms with E-state index in [4.69, 9.17) is 5.11 Å². The number of aromatic nitrogens is 1. The van der Waals surface area contributed by atoms with Crippen LogP contribution < -0.4 is 10.6 Å². The summed E-state index contributed by atoms with van der Waals surface area (Å²) in [5.41, 5.74) is 3.24. The largest absolute Gasteiger partial charge is 0.395 e. The summed E-state index contributed by atoms with van der Waals surface area (Å²) < 4.78 is 2.19. The maximum Gasteiger partial charge on any atom is 0.275 e. The number of amides is 2. The van der Waals surface area contributed by atoms with Gasteiger partial charge in [-0.05, 0) is 31.2 Å². The average Bonchev–Trinajstić information content (AvgIpc) is 3.37. The third-order valence-electron chi connectivity index (χ3n) is 6.79. The minimum atomic E-state index is -0.411. The number of carbonyl (C=O) groups excluding carboxylic acids is 2. The Hall–Kier alpha value is -3.46. The van der Waals surface area contributed by atoms with E-state index in [9.17, 15) is 9.59 Å². The van der Waals surface area contributed by atoms with Crippen molar-refractivity contribution in [2.45, 2.75) is 13.0 Å². The van der Waals surface area contributed by atoms with Crippen LogP contribution in [0.3, 0.4) is 0 Å². The molecule has 2 aliphatic rings. The Morgan fingerprint density at radius 1 is 0.829 bits per heavy atom. The van der Waals surface area contributed by atoms with Crippen LogP contribution in [-0.2, 0) is 16.1 Å². The summed E-state index contributed by atoms with van der Waals surface area (Å²) in [5, 5.41) is 15.7. The van der Waals surface area contributed by atoms with Crippen molar-refractivity contribution in [2.75, 3.05) is 51.2 Å². The van der Waals surface area contributed by atoms with Crippen LogP contribution in [0.4, 0.5) is 5.69 Å². The van der Waals surface area contributed by atoms with E-state index in [1.165, 1.54) is 0 Å². The number of nitrogens with one attached hydrogen (secondary N) is 2. The monoisotopic (exact) mass is 473 g/mol. The molecule has 0 unspecified atom stereocenters. The molecule has 0 spiro atoms. The van der Waals surface area contributed by atoms with Gasteiger partial charge in [0.15, 0.2) is 0 Å². The van der Waals surface area contributed by atoms with E-state index in [0.717, 1.165) is 74.4 Å². The summed E-state index contributed by atoms with van der Waals surface area (Å²) in [4.78, 5) is 30.3. The molecule has 5 rings (SSSR count). The van der Waals surface area contributed by atoms with Crippen LogP contribution >= 0.6 is 0 Å². The summed E-state index contributed by atoms with van der Waals surface area (Å²) in [7, 11) is 0. The maximum absolute atomic E-state index is 12.9. The smallest absolute Gasteiger partial charge is 0.275 e. The summed E-state index contributed by atoms with van der Waals surface area (Å²) in [6, 6.07) is 17.4. The van der Waals surface area contributed by atoms with Crippen molar-refractivity contribution >= 4 is 34.0 Å². The molecule has 2 amide bonds. The highest BCUT2D eigenvalue weighted by molar-refractivity contribution is 6.38. The van der Waals surface area contributed by atoms with Gasteiger partial charge in [-0.25, -0.2) is 0 Å². The number of imide groups is 1. The van der Waals surface area contributed by atoms with E-state index in [2.05, 4.69) is 31.1 Å². The fourth-order valence-electron chi connectivity index (χ4n) is 4.97. The molecular weight excluding hydrogens is 442 g/mol. The first-order valence-corrected chi connectivity index (χ1v) is 12.2. The molecule has 8 heteroatoms. The topological polar surface area (TPSA) is 89.8 Å². The van der Waals surface area contributed by atoms with Gasteiger partial charge in [0.25, 0.3) is 11.8 Å². The predicted octanol–water partition coefficient (Wildman–Crippen LogP) is 2.12. The van der Waals surface area contributed by atoms with E-state index < -0.39 is 5.91 Å². The highest BCUT2D eigenvalue weighted by Crippen LogP contribution is 2.32. The molecule has 3 aromatic rings. The number of aliphatic hydroxyl groups is 1.